The van der Waals surface area contributed by atoms with Gasteiger partial charge in [0.25, 0.3) is 0 Å². The Morgan fingerprint density at radius 1 is 1.26 bits per heavy atom. The summed E-state index contributed by atoms with van der Waals surface area (Å²) in [5, 5.41) is 9.98. The number of rotatable bonds is 2. The maximum absolute atomic E-state index is 11.7. The van der Waals surface area contributed by atoms with Crippen LogP contribution in [-0.4, -0.2) is 41.4 Å². The Morgan fingerprint density at radius 3 is 2.79 bits per heavy atom. The van der Waals surface area contributed by atoms with E-state index in [1.165, 1.54) is 0 Å². The van der Waals surface area contributed by atoms with Crippen LogP contribution in [-0.2, 0) is 4.79 Å². The van der Waals surface area contributed by atoms with Crippen LogP contribution >= 0.6 is 0 Å². The molecule has 2 fully saturated rings. The maximum Gasteiger partial charge on any atom is 0.328 e. The Balaban J connectivity index is 1.73. The molecule has 2 aliphatic rings. The molecule has 0 radical (unpaired) electrons. The van der Waals surface area contributed by atoms with Crippen molar-refractivity contribution in [2.45, 2.75) is 25.3 Å². The first kappa shape index (κ1) is 12.2. The zero-order valence-electron chi connectivity index (χ0n) is 10.6. The average Bonchev–Trinajstić information content (AvgIpc) is 2.89. The molecule has 0 aliphatic carbocycles. The Hall–Kier alpha value is -1.89. The van der Waals surface area contributed by atoms with Crippen LogP contribution in [0, 0.1) is 0 Å². The molecule has 0 saturated carbocycles. The van der Waals surface area contributed by atoms with Gasteiger partial charge in [0.15, 0.2) is 0 Å². The van der Waals surface area contributed by atoms with Gasteiger partial charge in [-0.1, -0.05) is 0 Å². The summed E-state index contributed by atoms with van der Waals surface area (Å²) in [6, 6.07) is 0.0330. The predicted octanol–water partition coefficient (Wildman–Crippen LogP) is 0.254. The lowest BCUT2D eigenvalue weighted by molar-refractivity contribution is -0.120. The number of carbonyl (C=O) groups is 2. The van der Waals surface area contributed by atoms with Gasteiger partial charge in [-0.25, -0.2) is 4.79 Å². The van der Waals surface area contributed by atoms with Crippen molar-refractivity contribution in [3.8, 4) is 0 Å². The summed E-state index contributed by atoms with van der Waals surface area (Å²) < 4.78 is 1.93. The number of hydrogen-bond donors (Lipinski definition) is 2. The molecule has 3 rings (SSSR count). The van der Waals surface area contributed by atoms with E-state index in [-0.39, 0.29) is 11.9 Å². The van der Waals surface area contributed by atoms with Gasteiger partial charge in [0.2, 0.25) is 5.91 Å². The number of carbonyl (C=O) groups excluding carboxylic acids is 2. The number of imide groups is 1. The normalized spacial score (nSPS) is 21.6. The topological polar surface area (TPSA) is 79.3 Å². The molecule has 1 aromatic heterocycles. The molecule has 2 aliphatic heterocycles. The van der Waals surface area contributed by atoms with Crippen LogP contribution in [0.3, 0.4) is 0 Å². The number of amides is 3. The molecule has 19 heavy (non-hydrogen) atoms. The molecule has 7 nitrogen and oxygen atoms in total. The van der Waals surface area contributed by atoms with Gasteiger partial charge in [-0.3, -0.25) is 19.7 Å². The van der Waals surface area contributed by atoms with Gasteiger partial charge < -0.3 is 5.32 Å². The van der Waals surface area contributed by atoms with Gasteiger partial charge >= 0.3 is 6.03 Å². The van der Waals surface area contributed by atoms with E-state index >= 15 is 0 Å². The van der Waals surface area contributed by atoms with Gasteiger partial charge in [-0.15, -0.1) is 0 Å². The zero-order chi connectivity index (χ0) is 13.2. The second-order valence-electron chi connectivity index (χ2n) is 4.91. The van der Waals surface area contributed by atoms with Crippen molar-refractivity contribution in [2.24, 2.45) is 0 Å². The van der Waals surface area contributed by atoms with Crippen LogP contribution in [0.4, 0.5) is 10.5 Å². The minimum Gasteiger partial charge on any atom is -0.317 e. The fraction of sp³-hybridized carbons (Fsp3) is 0.583. The molecule has 0 bridgehead atoms. The van der Waals surface area contributed by atoms with E-state index in [4.69, 9.17) is 0 Å². The van der Waals surface area contributed by atoms with Gasteiger partial charge in [-0.2, -0.15) is 5.10 Å². The highest BCUT2D eigenvalue weighted by Crippen LogP contribution is 2.22. The fourth-order valence-corrected chi connectivity index (χ4v) is 2.55. The summed E-state index contributed by atoms with van der Waals surface area (Å²) in [6.45, 7) is 2.42. The summed E-state index contributed by atoms with van der Waals surface area (Å²) in [5.41, 5.74) is 0.753. The minimum absolute atomic E-state index is 0.216. The molecule has 2 saturated heterocycles. The number of hydrogen-bond acceptors (Lipinski definition) is 4. The van der Waals surface area contributed by atoms with Crippen molar-refractivity contribution >= 4 is 17.6 Å². The first-order valence-corrected chi connectivity index (χ1v) is 6.60. The number of piperidine rings is 1. The third-order valence-electron chi connectivity index (χ3n) is 3.64. The van der Waals surface area contributed by atoms with E-state index in [1.807, 2.05) is 10.9 Å². The highest BCUT2D eigenvalue weighted by molar-refractivity contribution is 6.05. The zero-order valence-corrected chi connectivity index (χ0v) is 10.6. The standard InChI is InChI=1S/C12H17N5O2/c18-11-3-6-16(12(19)15-11)10-7-14-17(8-10)9-1-4-13-5-2-9/h7-9,13H,1-6H2,(H,15,18,19). The molecule has 0 aromatic carbocycles. The Bertz CT molecular complexity index is 492. The third-order valence-corrected chi connectivity index (χ3v) is 3.64. The first-order chi connectivity index (χ1) is 9.24. The lowest BCUT2D eigenvalue weighted by Crippen LogP contribution is -2.49. The van der Waals surface area contributed by atoms with Crippen molar-refractivity contribution < 1.29 is 9.59 Å². The molecular formula is C12H17N5O2. The van der Waals surface area contributed by atoms with Crippen LogP contribution in [0.15, 0.2) is 12.4 Å². The molecule has 7 heteroatoms. The fourth-order valence-electron chi connectivity index (χ4n) is 2.55. The Kier molecular flexibility index (Phi) is 3.20. The molecular weight excluding hydrogens is 246 g/mol. The molecule has 3 amide bonds. The van der Waals surface area contributed by atoms with Crippen molar-refractivity contribution in [3.63, 3.8) is 0 Å². The van der Waals surface area contributed by atoms with Crippen molar-refractivity contribution in [1.82, 2.24) is 20.4 Å². The van der Waals surface area contributed by atoms with Crippen molar-refractivity contribution in [3.05, 3.63) is 12.4 Å². The molecule has 0 spiro atoms. The average molecular weight is 263 g/mol. The lowest BCUT2D eigenvalue weighted by atomic mass is 10.1. The van der Waals surface area contributed by atoms with E-state index in [0.717, 1.165) is 31.6 Å². The number of nitrogens with zero attached hydrogens (tertiary/aromatic N) is 3. The summed E-state index contributed by atoms with van der Waals surface area (Å²) >= 11 is 0. The summed E-state index contributed by atoms with van der Waals surface area (Å²) in [6.07, 6.45) is 6.02. The van der Waals surface area contributed by atoms with Crippen LogP contribution in [0.5, 0.6) is 0 Å². The van der Waals surface area contributed by atoms with E-state index in [1.54, 1.807) is 11.1 Å². The monoisotopic (exact) mass is 263 g/mol. The number of anilines is 1. The lowest BCUT2D eigenvalue weighted by Gasteiger charge is -2.25. The summed E-state index contributed by atoms with van der Waals surface area (Å²) in [4.78, 5) is 24.4. The highest BCUT2D eigenvalue weighted by atomic mass is 16.2. The Labute approximate surface area is 110 Å². The summed E-state index contributed by atoms with van der Waals surface area (Å²) in [7, 11) is 0. The SMILES string of the molecule is O=C1CCN(c2cnn(C3CCNCC3)c2)C(=O)N1. The molecule has 3 heterocycles. The van der Waals surface area contributed by atoms with Crippen LogP contribution < -0.4 is 15.5 Å². The molecule has 1 aromatic rings. The second kappa shape index (κ2) is 5.00. The second-order valence-corrected chi connectivity index (χ2v) is 4.91. The van der Waals surface area contributed by atoms with Gasteiger partial charge in [0, 0.05) is 19.2 Å². The van der Waals surface area contributed by atoms with Crippen LogP contribution in [0.2, 0.25) is 0 Å². The van der Waals surface area contributed by atoms with Crippen LogP contribution in [0.1, 0.15) is 25.3 Å². The number of urea groups is 1. The Morgan fingerprint density at radius 2 is 2.05 bits per heavy atom. The minimum atomic E-state index is -0.360. The smallest absolute Gasteiger partial charge is 0.317 e. The van der Waals surface area contributed by atoms with Gasteiger partial charge in [-0.05, 0) is 25.9 Å². The van der Waals surface area contributed by atoms with Crippen molar-refractivity contribution in [1.29, 1.82) is 0 Å². The van der Waals surface area contributed by atoms with E-state index in [2.05, 4.69) is 15.7 Å². The highest BCUT2D eigenvalue weighted by Gasteiger charge is 2.26. The number of aromatic nitrogens is 2. The largest absolute Gasteiger partial charge is 0.328 e. The maximum atomic E-state index is 11.7. The van der Waals surface area contributed by atoms with E-state index in [0.29, 0.717) is 19.0 Å². The van der Waals surface area contributed by atoms with Crippen molar-refractivity contribution in [2.75, 3.05) is 24.5 Å². The first-order valence-electron chi connectivity index (χ1n) is 6.60. The van der Waals surface area contributed by atoms with Crippen LogP contribution in [0.25, 0.3) is 0 Å². The number of nitrogens with one attached hydrogen (secondary N) is 2. The molecule has 2 N–H and O–H groups in total. The van der Waals surface area contributed by atoms with Gasteiger partial charge in [0.05, 0.1) is 17.9 Å². The molecule has 0 unspecified atom stereocenters. The van der Waals surface area contributed by atoms with E-state index < -0.39 is 0 Å². The van der Waals surface area contributed by atoms with Gasteiger partial charge in [0.1, 0.15) is 0 Å². The quantitative estimate of drug-likeness (QED) is 0.802. The third kappa shape index (κ3) is 2.46. The predicted molar refractivity (Wildman–Crippen MR) is 68.9 cm³/mol. The molecule has 0 atom stereocenters. The van der Waals surface area contributed by atoms with E-state index in [9.17, 15) is 9.59 Å². The summed E-state index contributed by atoms with van der Waals surface area (Å²) in [5.74, 6) is -0.216. The molecule has 102 valence electrons.